The van der Waals surface area contributed by atoms with Crippen LogP contribution in [0.25, 0.3) is 21.6 Å². The third kappa shape index (κ3) is 6.56. The van der Waals surface area contributed by atoms with Gasteiger partial charge in [-0.15, -0.1) is 11.3 Å². The summed E-state index contributed by atoms with van der Waals surface area (Å²) in [5.41, 5.74) is 3.34. The summed E-state index contributed by atoms with van der Waals surface area (Å²) in [5, 5.41) is 7.31. The highest BCUT2D eigenvalue weighted by atomic mass is 32.1. The van der Waals surface area contributed by atoms with Crippen LogP contribution in [0.5, 0.6) is 11.5 Å². The molecule has 10 heteroatoms. The Hall–Kier alpha value is -3.92. The molecule has 2 aliphatic carbocycles. The number of aryl methyl sites for hydroxylation is 1. The van der Waals surface area contributed by atoms with Crippen molar-refractivity contribution in [1.82, 2.24) is 20.2 Å². The predicted molar refractivity (Wildman–Crippen MR) is 189 cm³/mol. The first-order chi connectivity index (χ1) is 23.1. The van der Waals surface area contributed by atoms with E-state index >= 15 is 0 Å². The number of amides is 1. The number of nitrogens with one attached hydrogen (secondary N) is 1. The number of carbonyl (C=O) groups excluding carboxylic acids is 2. The lowest BCUT2D eigenvalue weighted by Crippen LogP contribution is -2.45. The third-order valence-corrected chi connectivity index (χ3v) is 11.1. The summed E-state index contributed by atoms with van der Waals surface area (Å²) in [7, 11) is 3.55. The lowest BCUT2D eigenvalue weighted by atomic mass is 9.91. The highest BCUT2D eigenvalue weighted by Crippen LogP contribution is 2.49. The number of allylic oxidation sites excluding steroid dienone is 2. The van der Waals surface area contributed by atoms with Gasteiger partial charge >= 0.3 is 5.97 Å². The van der Waals surface area contributed by atoms with Gasteiger partial charge in [-0.25, -0.2) is 14.8 Å². The van der Waals surface area contributed by atoms with Crippen LogP contribution in [-0.2, 0) is 14.3 Å². The second-order valence-electron chi connectivity index (χ2n) is 13.8. The van der Waals surface area contributed by atoms with Gasteiger partial charge in [0.2, 0.25) is 5.91 Å². The van der Waals surface area contributed by atoms with Gasteiger partial charge in [-0.05, 0) is 70.4 Å². The number of fused-ring (bicyclic) bond motifs is 3. The second kappa shape index (κ2) is 13.9. The molecule has 256 valence electrons. The number of hydrogen-bond donors (Lipinski definition) is 1. The Kier molecular flexibility index (Phi) is 9.83. The maximum Gasteiger partial charge on any atom is 0.332 e. The molecular weight excluding hydrogens is 625 g/mol. The standard InChI is InChI=1S/C38H48N4O5S/c1-8-46-37(44)38-20-25(38)13-11-9-10-12-16-42(6)36(43)29-18-26(17-28(29)24(5)41-38)47-33-19-30(35-40-31(21-48-35)22(2)3)39-34-23(4)32(45-7)15-14-27(33)34/h11,13-15,19,21-22,25-26,28-29,41H,5,8-10,12,16-18,20H2,1-4,6-7H3/b13-11-/t25-,26-,28+,29-,38-/m1/s1. The molecule has 0 saturated heterocycles. The number of methoxy groups -OCH3 is 1. The van der Waals surface area contributed by atoms with Crippen LogP contribution in [0.3, 0.4) is 0 Å². The van der Waals surface area contributed by atoms with Gasteiger partial charge in [0, 0.05) is 59.4 Å². The van der Waals surface area contributed by atoms with E-state index < -0.39 is 5.54 Å². The fourth-order valence-corrected chi connectivity index (χ4v) is 8.20. The Morgan fingerprint density at radius 2 is 1.98 bits per heavy atom. The molecule has 2 saturated carbocycles. The molecule has 1 aliphatic heterocycles. The number of nitrogens with zero attached hydrogens (tertiary/aromatic N) is 3. The molecular formula is C38H48N4O5S. The number of esters is 1. The van der Waals surface area contributed by atoms with Crippen LogP contribution >= 0.6 is 11.3 Å². The van der Waals surface area contributed by atoms with Gasteiger partial charge in [-0.1, -0.05) is 32.6 Å². The first-order valence-electron chi connectivity index (χ1n) is 17.2. The van der Waals surface area contributed by atoms with Gasteiger partial charge in [0.05, 0.1) is 24.9 Å². The Bertz CT molecular complexity index is 1730. The molecule has 2 fully saturated rings. The monoisotopic (exact) mass is 672 g/mol. The van der Waals surface area contributed by atoms with E-state index in [1.165, 1.54) is 0 Å². The van der Waals surface area contributed by atoms with Crippen LogP contribution in [-0.4, -0.2) is 65.7 Å². The van der Waals surface area contributed by atoms with Crippen LogP contribution in [0.4, 0.5) is 0 Å². The van der Waals surface area contributed by atoms with Gasteiger partial charge in [0.1, 0.15) is 33.8 Å². The quantitative estimate of drug-likeness (QED) is 0.208. The minimum Gasteiger partial charge on any atom is -0.496 e. The van der Waals surface area contributed by atoms with Crippen molar-refractivity contribution in [3.8, 4) is 22.2 Å². The van der Waals surface area contributed by atoms with Crippen molar-refractivity contribution in [2.45, 2.75) is 83.8 Å². The summed E-state index contributed by atoms with van der Waals surface area (Å²) in [5.74, 6) is 1.07. The average Bonchev–Trinajstić information content (AvgIpc) is 3.37. The Balaban J connectivity index is 1.34. The first kappa shape index (κ1) is 34.0. The van der Waals surface area contributed by atoms with Crippen LogP contribution < -0.4 is 14.8 Å². The molecule has 9 nitrogen and oxygen atoms in total. The molecule has 0 radical (unpaired) electrons. The molecule has 3 aliphatic rings. The number of thiazole rings is 1. The van der Waals surface area contributed by atoms with Gasteiger partial charge < -0.3 is 24.4 Å². The fourth-order valence-electron chi connectivity index (χ4n) is 7.26. The molecule has 0 unspecified atom stereocenters. The van der Waals surface area contributed by atoms with E-state index in [2.05, 4.69) is 43.3 Å². The number of rotatable bonds is 7. The predicted octanol–water partition coefficient (Wildman–Crippen LogP) is 7.20. The van der Waals surface area contributed by atoms with E-state index in [1.54, 1.807) is 18.4 Å². The minimum absolute atomic E-state index is 0.0328. The van der Waals surface area contributed by atoms with E-state index in [-0.39, 0.29) is 35.7 Å². The van der Waals surface area contributed by atoms with E-state index in [9.17, 15) is 9.59 Å². The van der Waals surface area contributed by atoms with Gasteiger partial charge in [-0.2, -0.15) is 0 Å². The van der Waals surface area contributed by atoms with Gasteiger partial charge in [0.15, 0.2) is 0 Å². The highest BCUT2D eigenvalue weighted by Gasteiger charge is 2.61. The summed E-state index contributed by atoms with van der Waals surface area (Å²) >= 11 is 1.58. The van der Waals surface area contributed by atoms with Gasteiger partial charge in [-0.3, -0.25) is 4.79 Å². The number of pyridine rings is 1. The van der Waals surface area contributed by atoms with Crippen molar-refractivity contribution in [2.24, 2.45) is 17.8 Å². The summed E-state index contributed by atoms with van der Waals surface area (Å²) in [6.07, 6.45) is 8.61. The van der Waals surface area contributed by atoms with Crippen molar-refractivity contribution >= 4 is 34.1 Å². The SMILES string of the molecule is C=C1N[C@]2(C(=O)OCC)C[C@H]2/C=C\CCCCN(C)C(=O)[C@@H]2C[C@H](Oc3cc(-c4nc(C(C)C)cs4)nc4c(C)c(OC)ccc34)C[C@@H]12. The van der Waals surface area contributed by atoms with Crippen molar-refractivity contribution in [2.75, 3.05) is 27.3 Å². The summed E-state index contributed by atoms with van der Waals surface area (Å²) in [6, 6.07) is 5.91. The summed E-state index contributed by atoms with van der Waals surface area (Å²) < 4.78 is 18.1. The lowest BCUT2D eigenvalue weighted by molar-refractivity contribution is -0.147. The molecule has 48 heavy (non-hydrogen) atoms. The zero-order valence-electron chi connectivity index (χ0n) is 29.0. The molecule has 2 aromatic heterocycles. The number of aromatic nitrogens is 2. The molecule has 6 rings (SSSR count). The number of carbonyl (C=O) groups is 2. The lowest BCUT2D eigenvalue weighted by Gasteiger charge is -2.29. The largest absolute Gasteiger partial charge is 0.496 e. The first-order valence-corrected chi connectivity index (χ1v) is 18.1. The molecule has 0 bridgehead atoms. The maximum atomic E-state index is 14.0. The number of benzene rings is 1. The zero-order valence-corrected chi connectivity index (χ0v) is 29.8. The average molecular weight is 673 g/mol. The highest BCUT2D eigenvalue weighted by molar-refractivity contribution is 7.13. The third-order valence-electron chi connectivity index (χ3n) is 10.2. The van der Waals surface area contributed by atoms with Gasteiger partial charge in [0.25, 0.3) is 0 Å². The van der Waals surface area contributed by atoms with E-state index in [4.69, 9.17) is 24.2 Å². The molecule has 5 atom stereocenters. The molecule has 3 aromatic rings. The Morgan fingerprint density at radius 1 is 1.19 bits per heavy atom. The molecule has 1 aromatic carbocycles. The Morgan fingerprint density at radius 3 is 2.71 bits per heavy atom. The summed E-state index contributed by atoms with van der Waals surface area (Å²) in [6.45, 7) is 13.5. The second-order valence-corrected chi connectivity index (χ2v) is 14.6. The van der Waals surface area contributed by atoms with Crippen molar-refractivity contribution < 1.29 is 23.8 Å². The molecule has 1 N–H and O–H groups in total. The zero-order chi connectivity index (χ0) is 34.2. The van der Waals surface area contributed by atoms with E-state index in [1.807, 2.05) is 44.0 Å². The van der Waals surface area contributed by atoms with Crippen molar-refractivity contribution in [3.05, 3.63) is 59.3 Å². The smallest absolute Gasteiger partial charge is 0.332 e. The minimum atomic E-state index is -0.846. The Labute approximate surface area is 287 Å². The van der Waals surface area contributed by atoms with Crippen LogP contribution in [0.1, 0.15) is 76.5 Å². The van der Waals surface area contributed by atoms with Crippen LogP contribution in [0, 0.1) is 24.7 Å². The summed E-state index contributed by atoms with van der Waals surface area (Å²) in [4.78, 5) is 39.1. The van der Waals surface area contributed by atoms with E-state index in [0.717, 1.165) is 57.9 Å². The molecule has 0 spiro atoms. The van der Waals surface area contributed by atoms with E-state index in [0.29, 0.717) is 49.8 Å². The molecule has 3 heterocycles. The van der Waals surface area contributed by atoms with Crippen LogP contribution in [0.2, 0.25) is 0 Å². The molecule has 1 amide bonds. The fraction of sp³-hybridized carbons (Fsp3) is 0.526. The van der Waals surface area contributed by atoms with Crippen molar-refractivity contribution in [3.63, 3.8) is 0 Å². The number of hydrogen-bond acceptors (Lipinski definition) is 9. The topological polar surface area (TPSA) is 103 Å². The van der Waals surface area contributed by atoms with Crippen molar-refractivity contribution in [1.29, 1.82) is 0 Å². The van der Waals surface area contributed by atoms with Crippen LogP contribution in [0.15, 0.2) is 48.0 Å². The number of ether oxygens (including phenoxy) is 3. The normalized spacial score (nSPS) is 26.8. The maximum absolute atomic E-state index is 14.0.